The average molecular weight is 655 g/mol. The van der Waals surface area contributed by atoms with Crippen molar-refractivity contribution < 1.29 is 18.3 Å². The quantitative estimate of drug-likeness (QED) is 0.163. The van der Waals surface area contributed by atoms with Crippen LogP contribution in [0.2, 0.25) is 0 Å². The summed E-state index contributed by atoms with van der Waals surface area (Å²) in [4.78, 5) is 15.7. The van der Waals surface area contributed by atoms with Gasteiger partial charge in [-0.1, -0.05) is 31.5 Å². The highest BCUT2D eigenvalue weighted by atomic mass is 32.2. The third-order valence-corrected chi connectivity index (χ3v) is 10.1. The molecule has 0 radical (unpaired) electrons. The molecule has 4 rings (SSSR count). The Balaban J connectivity index is 0.000000525. The van der Waals surface area contributed by atoms with E-state index in [1.54, 1.807) is 52.2 Å². The maximum Gasteiger partial charge on any atom is 0.335 e. The Labute approximate surface area is 271 Å². The van der Waals surface area contributed by atoms with Crippen molar-refractivity contribution in [2.75, 3.05) is 43.9 Å². The summed E-state index contributed by atoms with van der Waals surface area (Å²) in [6, 6.07) is 16.1. The zero-order chi connectivity index (χ0) is 33.1. The van der Waals surface area contributed by atoms with Crippen molar-refractivity contribution >= 4 is 49.0 Å². The van der Waals surface area contributed by atoms with Crippen molar-refractivity contribution in [1.82, 2.24) is 19.4 Å². The zero-order valence-electron chi connectivity index (χ0n) is 27.3. The minimum absolute atomic E-state index is 0.101. The first kappa shape index (κ1) is 35.9. The molecule has 4 aromatic rings. The van der Waals surface area contributed by atoms with Crippen molar-refractivity contribution in [2.45, 2.75) is 59.5 Å². The molecule has 0 aliphatic heterocycles. The molecule has 0 fully saturated rings. The highest BCUT2D eigenvalue weighted by Crippen LogP contribution is 2.34. The second kappa shape index (κ2) is 16.6. The molecule has 0 aliphatic rings. The minimum atomic E-state index is -3.63. The fraction of sp³-hybridized carbons (Fsp3) is 0.424. The van der Waals surface area contributed by atoms with Gasteiger partial charge in [-0.25, -0.2) is 4.79 Å². The van der Waals surface area contributed by atoms with Crippen LogP contribution in [0, 0.1) is 6.92 Å². The molecular weight excluding hydrogens is 609 g/mol. The number of aromatic nitrogens is 2. The van der Waals surface area contributed by atoms with Crippen LogP contribution >= 0.6 is 11.3 Å². The van der Waals surface area contributed by atoms with Gasteiger partial charge in [0.2, 0.25) is 0 Å². The van der Waals surface area contributed by atoms with E-state index in [-0.39, 0.29) is 6.04 Å². The SMILES string of the molecule is CCCCN(C(C)C)S(=O)(=O)Nc1ccc2sc(C)c(CCN(C)Cc3cc(N(C)C)cnn3)c2c1.O=C(O)c1ccccc1. The second-order valence-electron chi connectivity index (χ2n) is 11.5. The molecule has 12 heteroatoms. The van der Waals surface area contributed by atoms with E-state index >= 15 is 0 Å². The molecule has 0 saturated carbocycles. The number of rotatable bonds is 14. The lowest BCUT2D eigenvalue weighted by molar-refractivity contribution is 0.0697. The number of nitrogens with zero attached hydrogens (tertiary/aromatic N) is 5. The van der Waals surface area contributed by atoms with Gasteiger partial charge in [-0.2, -0.15) is 22.9 Å². The molecule has 0 amide bonds. The molecule has 0 saturated heterocycles. The second-order valence-corrected chi connectivity index (χ2v) is 14.4. The van der Waals surface area contributed by atoms with Gasteiger partial charge in [-0.05, 0) is 88.0 Å². The third-order valence-electron chi connectivity index (χ3n) is 7.26. The Morgan fingerprint density at radius 2 is 1.76 bits per heavy atom. The van der Waals surface area contributed by atoms with E-state index in [9.17, 15) is 13.2 Å². The van der Waals surface area contributed by atoms with Crippen molar-refractivity contribution in [3.8, 4) is 0 Å². The standard InChI is InChI=1S/C26H40N6O2S2.C7H6O2/c1-8-9-13-32(19(2)3)36(33,34)29-21-10-11-26-25(16-21)24(20(4)35-26)12-14-31(7)18-22-15-23(30(5)6)17-27-28-22;8-7(9)6-4-2-1-3-5-6/h10-11,15-17,19,29H,8-9,12-14,18H2,1-7H3;1-5H,(H,8,9). The molecule has 244 valence electrons. The smallest absolute Gasteiger partial charge is 0.335 e. The summed E-state index contributed by atoms with van der Waals surface area (Å²) in [7, 11) is 2.45. The fourth-order valence-electron chi connectivity index (χ4n) is 4.78. The zero-order valence-corrected chi connectivity index (χ0v) is 29.0. The van der Waals surface area contributed by atoms with Gasteiger partial charge in [-0.3, -0.25) is 4.72 Å². The fourth-order valence-corrected chi connectivity index (χ4v) is 7.34. The summed E-state index contributed by atoms with van der Waals surface area (Å²) >= 11 is 1.75. The van der Waals surface area contributed by atoms with E-state index in [0.717, 1.165) is 42.6 Å². The largest absolute Gasteiger partial charge is 0.478 e. The average Bonchev–Trinajstić information content (AvgIpc) is 3.30. The Morgan fingerprint density at radius 3 is 2.36 bits per heavy atom. The molecular formula is C33H46N6O4S2. The molecule has 2 aromatic carbocycles. The molecule has 45 heavy (non-hydrogen) atoms. The van der Waals surface area contributed by atoms with Crippen LogP contribution in [0.25, 0.3) is 10.1 Å². The number of aryl methyl sites for hydroxylation is 1. The number of hydrogen-bond donors (Lipinski definition) is 2. The predicted octanol–water partition coefficient (Wildman–Crippen LogP) is 6.29. The lowest BCUT2D eigenvalue weighted by Crippen LogP contribution is -2.41. The van der Waals surface area contributed by atoms with Crippen LogP contribution in [0.15, 0.2) is 60.8 Å². The Hall–Kier alpha value is -3.58. The van der Waals surface area contributed by atoms with Crippen LogP contribution in [0.5, 0.6) is 0 Å². The number of fused-ring (bicyclic) bond motifs is 1. The Kier molecular flexibility index (Phi) is 13.3. The minimum Gasteiger partial charge on any atom is -0.478 e. The topological polar surface area (TPSA) is 119 Å². The van der Waals surface area contributed by atoms with Crippen LogP contribution in [0.3, 0.4) is 0 Å². The van der Waals surface area contributed by atoms with Crippen LogP contribution in [0.1, 0.15) is 60.1 Å². The van der Waals surface area contributed by atoms with Crippen molar-refractivity contribution in [2.24, 2.45) is 0 Å². The van der Waals surface area contributed by atoms with Crippen LogP contribution in [-0.2, 0) is 23.2 Å². The van der Waals surface area contributed by atoms with Crippen molar-refractivity contribution in [3.63, 3.8) is 0 Å². The van der Waals surface area contributed by atoms with Crippen LogP contribution < -0.4 is 9.62 Å². The number of benzene rings is 2. The molecule has 0 spiro atoms. The first-order valence-electron chi connectivity index (χ1n) is 15.1. The number of unbranched alkanes of at least 4 members (excludes halogenated alkanes) is 1. The van der Waals surface area contributed by atoms with Crippen molar-refractivity contribution in [3.05, 3.63) is 82.5 Å². The van der Waals surface area contributed by atoms with Gasteiger partial charge in [0, 0.05) is 49.3 Å². The van der Waals surface area contributed by atoms with Crippen LogP contribution in [-0.4, -0.2) is 79.2 Å². The van der Waals surface area contributed by atoms with E-state index in [2.05, 4.69) is 46.8 Å². The molecule has 0 unspecified atom stereocenters. The number of thiophene rings is 1. The number of carboxylic acid groups (broad SMARTS) is 1. The van der Waals surface area contributed by atoms with Gasteiger partial charge in [0.15, 0.2) is 0 Å². The third kappa shape index (κ3) is 10.5. The molecule has 2 N–H and O–H groups in total. The lowest BCUT2D eigenvalue weighted by Gasteiger charge is -2.26. The first-order chi connectivity index (χ1) is 21.3. The number of nitrogens with one attached hydrogen (secondary N) is 1. The lowest BCUT2D eigenvalue weighted by atomic mass is 10.1. The number of anilines is 2. The number of carbonyl (C=O) groups is 1. The van der Waals surface area contributed by atoms with Gasteiger partial charge >= 0.3 is 16.2 Å². The van der Waals surface area contributed by atoms with Gasteiger partial charge < -0.3 is 14.9 Å². The normalized spacial score (nSPS) is 11.6. The number of aromatic carboxylic acids is 1. The summed E-state index contributed by atoms with van der Waals surface area (Å²) in [5.74, 6) is -0.879. The van der Waals surface area contributed by atoms with Crippen molar-refractivity contribution in [1.29, 1.82) is 0 Å². The van der Waals surface area contributed by atoms with E-state index in [0.29, 0.717) is 24.3 Å². The summed E-state index contributed by atoms with van der Waals surface area (Å²) in [6.45, 7) is 10.1. The van der Waals surface area contributed by atoms with E-state index < -0.39 is 16.2 Å². The molecule has 2 aromatic heterocycles. The van der Waals surface area contributed by atoms with Crippen LogP contribution in [0.4, 0.5) is 11.4 Å². The maximum atomic E-state index is 13.1. The molecule has 2 heterocycles. The molecule has 10 nitrogen and oxygen atoms in total. The highest BCUT2D eigenvalue weighted by Gasteiger charge is 2.24. The van der Waals surface area contributed by atoms with Gasteiger partial charge in [0.1, 0.15) is 0 Å². The first-order valence-corrected chi connectivity index (χ1v) is 17.4. The molecule has 0 atom stereocenters. The molecule has 0 bridgehead atoms. The summed E-state index contributed by atoms with van der Waals surface area (Å²) in [5, 5.41) is 17.9. The monoisotopic (exact) mass is 654 g/mol. The summed E-state index contributed by atoms with van der Waals surface area (Å²) in [5.41, 5.74) is 4.17. The summed E-state index contributed by atoms with van der Waals surface area (Å²) < 4.78 is 31.8. The molecule has 0 aliphatic carbocycles. The van der Waals surface area contributed by atoms with Gasteiger partial charge in [0.05, 0.1) is 28.8 Å². The van der Waals surface area contributed by atoms with Gasteiger partial charge in [-0.15, -0.1) is 11.3 Å². The van der Waals surface area contributed by atoms with Gasteiger partial charge in [0.25, 0.3) is 0 Å². The summed E-state index contributed by atoms with van der Waals surface area (Å²) in [6.07, 6.45) is 4.42. The van der Waals surface area contributed by atoms with E-state index in [1.165, 1.54) is 15.1 Å². The van der Waals surface area contributed by atoms with E-state index in [4.69, 9.17) is 5.11 Å². The Bertz CT molecular complexity index is 1640. The maximum absolute atomic E-state index is 13.1. The number of carboxylic acids is 1. The number of hydrogen-bond acceptors (Lipinski definition) is 8. The predicted molar refractivity (Wildman–Crippen MR) is 186 cm³/mol. The highest BCUT2D eigenvalue weighted by molar-refractivity contribution is 7.90. The number of likely N-dealkylation sites (N-methyl/N-ethyl adjacent to an activating group) is 1. The van der Waals surface area contributed by atoms with E-state index in [1.807, 2.05) is 51.0 Å². The Morgan fingerprint density at radius 1 is 1.04 bits per heavy atom.